The van der Waals surface area contributed by atoms with Gasteiger partial charge in [-0.15, -0.1) is 0 Å². The van der Waals surface area contributed by atoms with E-state index in [1.807, 2.05) is 0 Å². The van der Waals surface area contributed by atoms with Gasteiger partial charge in [-0.25, -0.2) is 14.1 Å². The lowest BCUT2D eigenvalue weighted by atomic mass is 9.84. The number of nitrogens with zero attached hydrogens (tertiary/aromatic N) is 3. The molecule has 1 fully saturated rings. The van der Waals surface area contributed by atoms with Crippen molar-refractivity contribution in [3.8, 4) is 0 Å². The Labute approximate surface area is 189 Å². The second-order valence-electron chi connectivity index (χ2n) is 8.57. The maximum absolute atomic E-state index is 14.0. The van der Waals surface area contributed by atoms with Gasteiger partial charge in [0.25, 0.3) is 5.91 Å². The van der Waals surface area contributed by atoms with E-state index >= 15 is 0 Å². The Kier molecular flexibility index (Phi) is 7.66. The quantitative estimate of drug-likeness (QED) is 0.497. The zero-order chi connectivity index (χ0) is 23.5. The predicted molar refractivity (Wildman–Crippen MR) is 115 cm³/mol. The number of anilines is 1. The van der Waals surface area contributed by atoms with Gasteiger partial charge >= 0.3 is 6.55 Å². The number of hydrogen-bond acceptors (Lipinski definition) is 5. The number of hydrogen-bond donors (Lipinski definition) is 3. The molecule has 7 nitrogen and oxygen atoms in total. The van der Waals surface area contributed by atoms with E-state index in [1.54, 1.807) is 6.07 Å². The summed E-state index contributed by atoms with van der Waals surface area (Å²) in [7, 11) is 0. The summed E-state index contributed by atoms with van der Waals surface area (Å²) in [5.74, 6) is -0.435. The van der Waals surface area contributed by atoms with Crippen LogP contribution < -0.4 is 10.6 Å². The number of amides is 1. The highest BCUT2D eigenvalue weighted by atomic mass is 35.5. The number of aromatic nitrogens is 3. The minimum Gasteiger partial charge on any atom is -0.387 e. The molecule has 3 N–H and O–H groups in total. The van der Waals surface area contributed by atoms with Crippen LogP contribution in [-0.4, -0.2) is 50.1 Å². The van der Waals surface area contributed by atoms with Crippen LogP contribution >= 0.6 is 11.6 Å². The Bertz CT molecular complexity index is 926. The van der Waals surface area contributed by atoms with Crippen molar-refractivity contribution in [2.24, 2.45) is 0 Å². The monoisotopic (exact) mass is 473 g/mol. The van der Waals surface area contributed by atoms with Crippen molar-refractivity contribution in [2.45, 2.75) is 69.8 Å². The molecule has 2 aromatic heterocycles. The molecule has 176 valence electrons. The lowest BCUT2D eigenvalue weighted by Crippen LogP contribution is -2.42. The molecule has 11 heteroatoms. The van der Waals surface area contributed by atoms with Crippen molar-refractivity contribution in [3.05, 3.63) is 40.9 Å². The number of rotatable bonds is 8. The summed E-state index contributed by atoms with van der Waals surface area (Å²) in [4.78, 5) is 16.5. The molecule has 0 unspecified atom stereocenters. The second kappa shape index (κ2) is 10.1. The van der Waals surface area contributed by atoms with Crippen LogP contribution in [0.5, 0.6) is 0 Å². The fourth-order valence-electron chi connectivity index (χ4n) is 3.69. The fraction of sp³-hybridized carbons (Fsp3) is 0.571. The van der Waals surface area contributed by atoms with Gasteiger partial charge in [0.1, 0.15) is 11.3 Å². The first kappa shape index (κ1) is 24.3. The van der Waals surface area contributed by atoms with Gasteiger partial charge in [0.2, 0.25) is 0 Å². The molecule has 0 radical (unpaired) electrons. The van der Waals surface area contributed by atoms with Gasteiger partial charge in [-0.2, -0.15) is 13.9 Å². The Morgan fingerprint density at radius 2 is 2.00 bits per heavy atom. The number of aliphatic hydroxyl groups is 1. The average Bonchev–Trinajstić information content (AvgIpc) is 3.22. The number of halogens is 4. The number of alkyl halides is 3. The van der Waals surface area contributed by atoms with Gasteiger partial charge in [0.05, 0.1) is 29.1 Å². The molecule has 1 aliphatic carbocycles. The summed E-state index contributed by atoms with van der Waals surface area (Å²) >= 11 is 6.01. The fourth-order valence-corrected chi connectivity index (χ4v) is 3.85. The van der Waals surface area contributed by atoms with E-state index in [0.717, 1.165) is 25.7 Å². The van der Waals surface area contributed by atoms with Crippen LogP contribution in [0.4, 0.5) is 18.9 Å². The topological polar surface area (TPSA) is 92.1 Å². The lowest BCUT2D eigenvalue weighted by Gasteiger charge is -2.29. The predicted octanol–water partition coefficient (Wildman–Crippen LogP) is 4.30. The number of carbonyl (C=O) groups is 1. The molecule has 0 bridgehead atoms. The van der Waals surface area contributed by atoms with E-state index < -0.39 is 24.2 Å². The maximum atomic E-state index is 14.0. The van der Waals surface area contributed by atoms with Crippen LogP contribution in [-0.2, 0) is 0 Å². The van der Waals surface area contributed by atoms with Crippen LogP contribution in [0.3, 0.4) is 0 Å². The lowest BCUT2D eigenvalue weighted by molar-refractivity contribution is -0.00177. The Morgan fingerprint density at radius 1 is 1.31 bits per heavy atom. The first-order valence-electron chi connectivity index (χ1n) is 10.4. The Balaban J connectivity index is 1.61. The molecular formula is C21H27ClF3N5O2. The molecule has 1 atom stereocenters. The van der Waals surface area contributed by atoms with Crippen LogP contribution in [0.1, 0.15) is 68.0 Å². The first-order chi connectivity index (χ1) is 15.0. The van der Waals surface area contributed by atoms with E-state index in [0.29, 0.717) is 16.1 Å². The zero-order valence-corrected chi connectivity index (χ0v) is 18.6. The highest BCUT2D eigenvalue weighted by Gasteiger charge is 2.28. The van der Waals surface area contributed by atoms with Crippen molar-refractivity contribution in [2.75, 3.05) is 11.9 Å². The summed E-state index contributed by atoms with van der Waals surface area (Å²) < 4.78 is 40.1. The van der Waals surface area contributed by atoms with Gasteiger partial charge in [-0.1, -0.05) is 11.6 Å². The molecular weight excluding hydrogens is 447 g/mol. The minimum atomic E-state index is -2.65. The molecule has 32 heavy (non-hydrogen) atoms. The molecule has 0 spiro atoms. The number of pyridine rings is 1. The highest BCUT2D eigenvalue weighted by Crippen LogP contribution is 2.34. The summed E-state index contributed by atoms with van der Waals surface area (Å²) in [5.41, 5.74) is -0.221. The minimum absolute atomic E-state index is 0.0405. The van der Waals surface area contributed by atoms with Crippen molar-refractivity contribution in [1.82, 2.24) is 20.1 Å². The molecule has 1 aliphatic rings. The molecule has 0 aliphatic heterocycles. The molecule has 0 saturated heterocycles. The van der Waals surface area contributed by atoms with Gasteiger partial charge in [-0.05, 0) is 51.7 Å². The van der Waals surface area contributed by atoms with Crippen LogP contribution in [0.15, 0.2) is 24.5 Å². The van der Waals surface area contributed by atoms with E-state index in [1.165, 1.54) is 32.3 Å². The Morgan fingerprint density at radius 3 is 2.59 bits per heavy atom. The molecule has 2 heterocycles. The summed E-state index contributed by atoms with van der Waals surface area (Å²) in [6.07, 6.45) is 3.98. The van der Waals surface area contributed by atoms with Gasteiger partial charge in [0, 0.05) is 24.4 Å². The van der Waals surface area contributed by atoms with E-state index in [9.17, 15) is 23.1 Å². The maximum Gasteiger partial charge on any atom is 0.333 e. The van der Waals surface area contributed by atoms with Crippen molar-refractivity contribution in [3.63, 3.8) is 0 Å². The van der Waals surface area contributed by atoms with Crippen LogP contribution in [0.25, 0.3) is 0 Å². The normalized spacial score (nSPS) is 20.2. The van der Waals surface area contributed by atoms with Crippen molar-refractivity contribution in [1.29, 1.82) is 0 Å². The zero-order valence-electron chi connectivity index (χ0n) is 17.9. The van der Waals surface area contributed by atoms with Gasteiger partial charge in [-0.3, -0.25) is 4.79 Å². The summed E-state index contributed by atoms with van der Waals surface area (Å²) in [6, 6.07) is 3.20. The van der Waals surface area contributed by atoms with Crippen molar-refractivity contribution >= 4 is 23.2 Å². The summed E-state index contributed by atoms with van der Waals surface area (Å²) in [6.45, 7) is -0.344. The van der Waals surface area contributed by atoms with E-state index in [4.69, 9.17) is 11.6 Å². The molecule has 1 amide bonds. The second-order valence-corrected chi connectivity index (χ2v) is 8.96. The van der Waals surface area contributed by atoms with E-state index in [-0.39, 0.29) is 29.2 Å². The van der Waals surface area contributed by atoms with E-state index in [2.05, 4.69) is 20.7 Å². The number of carbonyl (C=O) groups excluding carboxylic acids is 1. The SMILES string of the molecule is CC(C)(O)[C@H](F)CNC(=O)c1cnc(Cl)cc1N[C@H]1CC[C@H](c2ccn(C(F)F)n2)CC1. The average molecular weight is 474 g/mol. The third-order valence-electron chi connectivity index (χ3n) is 5.66. The summed E-state index contributed by atoms with van der Waals surface area (Å²) in [5, 5.41) is 19.6. The van der Waals surface area contributed by atoms with Gasteiger partial charge in [0.15, 0.2) is 0 Å². The molecule has 3 rings (SSSR count). The Hall–Kier alpha value is -2.33. The first-order valence-corrected chi connectivity index (χ1v) is 10.8. The number of nitrogens with one attached hydrogen (secondary N) is 2. The largest absolute Gasteiger partial charge is 0.387 e. The molecule has 1 saturated carbocycles. The third kappa shape index (κ3) is 6.13. The third-order valence-corrected chi connectivity index (χ3v) is 5.86. The molecule has 0 aromatic carbocycles. The molecule has 2 aromatic rings. The highest BCUT2D eigenvalue weighted by molar-refractivity contribution is 6.29. The smallest absolute Gasteiger partial charge is 0.333 e. The van der Waals surface area contributed by atoms with Crippen LogP contribution in [0, 0.1) is 0 Å². The van der Waals surface area contributed by atoms with Gasteiger partial charge < -0.3 is 15.7 Å². The standard InChI is InChI=1S/C21H27ClF3N5O2/c1-21(2,32)17(23)11-27-19(31)14-10-26-18(22)9-16(14)28-13-5-3-12(4-6-13)15-7-8-30(29-15)20(24)25/h7-10,12-13,17,20,32H,3-6,11H2,1-2H3,(H,26,28)(H,27,31)/t12-,13-,17-/m1/s1. The van der Waals surface area contributed by atoms with Crippen LogP contribution in [0.2, 0.25) is 5.15 Å². The van der Waals surface area contributed by atoms with Crippen molar-refractivity contribution < 1.29 is 23.1 Å².